The Morgan fingerprint density at radius 1 is 1.18 bits per heavy atom. The summed E-state index contributed by atoms with van der Waals surface area (Å²) in [4.78, 5) is 4.21. The van der Waals surface area contributed by atoms with Crippen LogP contribution in [-0.2, 0) is 6.42 Å². The molecule has 0 atom stereocenters. The van der Waals surface area contributed by atoms with Gasteiger partial charge in [0.2, 0.25) is 0 Å². The Morgan fingerprint density at radius 2 is 2.06 bits per heavy atom. The summed E-state index contributed by atoms with van der Waals surface area (Å²) >= 11 is 5.89. The highest BCUT2D eigenvalue weighted by molar-refractivity contribution is 6.33. The molecule has 88 valence electrons. The first-order valence-electron chi connectivity index (χ1n) is 5.34. The smallest absolute Gasteiger partial charge is 0.143 e. The van der Waals surface area contributed by atoms with Crippen molar-refractivity contribution in [1.82, 2.24) is 4.98 Å². The molecule has 4 heteroatoms. The van der Waals surface area contributed by atoms with E-state index in [9.17, 15) is 0 Å². The van der Waals surface area contributed by atoms with Crippen LogP contribution in [0.5, 0.6) is 5.75 Å². The SMILES string of the molecule is Nc1c(Cl)cccc1OCCc1ccccn1. The van der Waals surface area contributed by atoms with Crippen molar-refractivity contribution in [3.8, 4) is 5.75 Å². The second-order valence-electron chi connectivity index (χ2n) is 3.57. The molecule has 0 saturated carbocycles. The van der Waals surface area contributed by atoms with Crippen LogP contribution in [-0.4, -0.2) is 11.6 Å². The molecule has 2 N–H and O–H groups in total. The lowest BCUT2D eigenvalue weighted by Crippen LogP contribution is -2.04. The third-order valence-corrected chi connectivity index (χ3v) is 2.68. The number of rotatable bonds is 4. The van der Waals surface area contributed by atoms with Crippen LogP contribution in [0.1, 0.15) is 5.69 Å². The summed E-state index contributed by atoms with van der Waals surface area (Å²) in [6.45, 7) is 0.529. The minimum Gasteiger partial charge on any atom is -0.491 e. The van der Waals surface area contributed by atoms with Gasteiger partial charge < -0.3 is 10.5 Å². The maximum absolute atomic E-state index is 5.89. The number of hydrogen-bond donors (Lipinski definition) is 1. The molecule has 0 fully saturated rings. The van der Waals surface area contributed by atoms with Gasteiger partial charge >= 0.3 is 0 Å². The van der Waals surface area contributed by atoms with Gasteiger partial charge in [-0.2, -0.15) is 0 Å². The average molecular weight is 249 g/mol. The fourth-order valence-electron chi connectivity index (χ4n) is 1.45. The van der Waals surface area contributed by atoms with Crippen molar-refractivity contribution in [1.29, 1.82) is 0 Å². The van der Waals surface area contributed by atoms with E-state index in [0.717, 1.165) is 12.1 Å². The topological polar surface area (TPSA) is 48.1 Å². The predicted molar refractivity (Wildman–Crippen MR) is 69.3 cm³/mol. The second-order valence-corrected chi connectivity index (χ2v) is 3.98. The van der Waals surface area contributed by atoms with Gasteiger partial charge in [-0.05, 0) is 24.3 Å². The van der Waals surface area contributed by atoms with Crippen molar-refractivity contribution in [3.05, 3.63) is 53.3 Å². The molecular weight excluding hydrogens is 236 g/mol. The number of hydrogen-bond acceptors (Lipinski definition) is 3. The van der Waals surface area contributed by atoms with Crippen molar-refractivity contribution in [2.75, 3.05) is 12.3 Å². The van der Waals surface area contributed by atoms with Gasteiger partial charge in [0.15, 0.2) is 0 Å². The molecule has 2 aromatic rings. The summed E-state index contributed by atoms with van der Waals surface area (Å²) in [7, 11) is 0. The number of ether oxygens (including phenoxy) is 1. The summed E-state index contributed by atoms with van der Waals surface area (Å²) in [6, 6.07) is 11.2. The van der Waals surface area contributed by atoms with E-state index in [-0.39, 0.29) is 0 Å². The van der Waals surface area contributed by atoms with Crippen molar-refractivity contribution in [3.63, 3.8) is 0 Å². The number of para-hydroxylation sites is 1. The molecule has 0 saturated heterocycles. The first kappa shape index (κ1) is 11.7. The molecule has 0 unspecified atom stereocenters. The number of pyridine rings is 1. The normalized spacial score (nSPS) is 10.2. The van der Waals surface area contributed by atoms with Gasteiger partial charge in [-0.25, -0.2) is 0 Å². The second kappa shape index (κ2) is 5.55. The van der Waals surface area contributed by atoms with Gasteiger partial charge in [-0.15, -0.1) is 0 Å². The van der Waals surface area contributed by atoms with Crippen molar-refractivity contribution in [2.24, 2.45) is 0 Å². The van der Waals surface area contributed by atoms with Gasteiger partial charge in [-0.3, -0.25) is 4.98 Å². The molecule has 0 aliphatic rings. The minimum absolute atomic E-state index is 0.482. The molecule has 0 radical (unpaired) electrons. The molecular formula is C13H13ClN2O. The van der Waals surface area contributed by atoms with E-state index in [0.29, 0.717) is 23.1 Å². The average Bonchev–Trinajstić information content (AvgIpc) is 2.36. The lowest BCUT2D eigenvalue weighted by molar-refractivity contribution is 0.322. The van der Waals surface area contributed by atoms with E-state index in [4.69, 9.17) is 22.1 Å². The highest BCUT2D eigenvalue weighted by Crippen LogP contribution is 2.28. The predicted octanol–water partition coefficient (Wildman–Crippen LogP) is 2.94. The lowest BCUT2D eigenvalue weighted by Gasteiger charge is -2.09. The molecule has 0 amide bonds. The first-order chi connectivity index (χ1) is 8.27. The van der Waals surface area contributed by atoms with Crippen molar-refractivity contribution in [2.45, 2.75) is 6.42 Å². The van der Waals surface area contributed by atoms with E-state index in [1.54, 1.807) is 18.3 Å². The Kier molecular flexibility index (Phi) is 3.83. The van der Waals surface area contributed by atoms with Gasteiger partial charge in [0.25, 0.3) is 0 Å². The number of nitrogens with two attached hydrogens (primary N) is 1. The summed E-state index contributed by atoms with van der Waals surface area (Å²) in [5, 5.41) is 0.514. The minimum atomic E-state index is 0.482. The van der Waals surface area contributed by atoms with Gasteiger partial charge in [0.05, 0.1) is 17.3 Å². The quantitative estimate of drug-likeness (QED) is 0.847. The van der Waals surface area contributed by atoms with E-state index >= 15 is 0 Å². The van der Waals surface area contributed by atoms with E-state index in [1.807, 2.05) is 24.3 Å². The van der Waals surface area contributed by atoms with Crippen molar-refractivity contribution >= 4 is 17.3 Å². The summed E-state index contributed by atoms with van der Waals surface area (Å²) < 4.78 is 5.57. The first-order valence-corrected chi connectivity index (χ1v) is 5.72. The Labute approximate surface area is 105 Å². The van der Waals surface area contributed by atoms with Crippen LogP contribution in [0.25, 0.3) is 0 Å². The third kappa shape index (κ3) is 3.11. The molecule has 0 spiro atoms. The zero-order valence-electron chi connectivity index (χ0n) is 9.27. The number of anilines is 1. The molecule has 1 aromatic heterocycles. The monoisotopic (exact) mass is 248 g/mol. The summed E-state index contributed by atoms with van der Waals surface area (Å²) in [6.07, 6.45) is 2.51. The summed E-state index contributed by atoms with van der Waals surface area (Å²) in [5.74, 6) is 0.619. The molecule has 3 nitrogen and oxygen atoms in total. The van der Waals surface area contributed by atoms with Crippen LogP contribution >= 0.6 is 11.6 Å². The number of nitrogens with zero attached hydrogens (tertiary/aromatic N) is 1. The van der Waals surface area contributed by atoms with E-state index in [1.165, 1.54) is 0 Å². The zero-order valence-corrected chi connectivity index (χ0v) is 10.0. The molecule has 2 rings (SSSR count). The Morgan fingerprint density at radius 3 is 2.82 bits per heavy atom. The highest BCUT2D eigenvalue weighted by atomic mass is 35.5. The standard InChI is InChI=1S/C13H13ClN2O/c14-11-5-3-6-12(13(11)15)17-9-7-10-4-1-2-8-16-10/h1-6,8H,7,9,15H2. The van der Waals surface area contributed by atoms with Gasteiger partial charge in [0.1, 0.15) is 5.75 Å². The van der Waals surface area contributed by atoms with Crippen LogP contribution < -0.4 is 10.5 Å². The number of nitrogen functional groups attached to an aromatic ring is 1. The maximum Gasteiger partial charge on any atom is 0.143 e. The molecule has 17 heavy (non-hydrogen) atoms. The zero-order chi connectivity index (χ0) is 12.1. The Hall–Kier alpha value is -1.74. The fraction of sp³-hybridized carbons (Fsp3) is 0.154. The van der Waals surface area contributed by atoms with E-state index < -0.39 is 0 Å². The third-order valence-electron chi connectivity index (χ3n) is 2.35. The van der Waals surface area contributed by atoms with Crippen LogP contribution in [0, 0.1) is 0 Å². The van der Waals surface area contributed by atoms with Crippen LogP contribution in [0.3, 0.4) is 0 Å². The Balaban J connectivity index is 1.93. The molecule has 0 aliphatic carbocycles. The molecule has 0 aliphatic heterocycles. The molecule has 1 aromatic carbocycles. The molecule has 1 heterocycles. The number of halogens is 1. The number of benzene rings is 1. The highest BCUT2D eigenvalue weighted by Gasteiger charge is 2.03. The van der Waals surface area contributed by atoms with Crippen LogP contribution in [0.4, 0.5) is 5.69 Å². The van der Waals surface area contributed by atoms with E-state index in [2.05, 4.69) is 4.98 Å². The largest absolute Gasteiger partial charge is 0.491 e. The van der Waals surface area contributed by atoms with Gasteiger partial charge in [-0.1, -0.05) is 23.7 Å². The summed E-state index contributed by atoms with van der Waals surface area (Å²) in [5.41, 5.74) is 7.26. The number of aromatic nitrogens is 1. The lowest BCUT2D eigenvalue weighted by atomic mass is 10.3. The molecule has 0 bridgehead atoms. The van der Waals surface area contributed by atoms with Gasteiger partial charge in [0, 0.05) is 18.3 Å². The fourth-order valence-corrected chi connectivity index (χ4v) is 1.62. The van der Waals surface area contributed by atoms with Crippen LogP contribution in [0.15, 0.2) is 42.6 Å². The van der Waals surface area contributed by atoms with Crippen LogP contribution in [0.2, 0.25) is 5.02 Å². The Bertz CT molecular complexity index is 488. The van der Waals surface area contributed by atoms with Crippen molar-refractivity contribution < 1.29 is 4.74 Å². The maximum atomic E-state index is 5.89.